The SMILES string of the molecule is CCOC(=O)c1c(NC(=O)CCSc2nnc(-c3ccc(OC)cc3)c(-c3ccc(OC)cc3)n2)sc2c1CCCC2. The van der Waals surface area contributed by atoms with E-state index in [1.54, 1.807) is 21.1 Å². The number of fused-ring (bicyclic) bond motifs is 1. The van der Waals surface area contributed by atoms with E-state index in [0.29, 0.717) is 32.9 Å². The molecule has 0 unspecified atom stereocenters. The van der Waals surface area contributed by atoms with Crippen molar-refractivity contribution < 1.29 is 23.8 Å². The second kappa shape index (κ2) is 13.8. The number of hydrogen-bond donors (Lipinski definition) is 1. The summed E-state index contributed by atoms with van der Waals surface area (Å²) in [5, 5.41) is 12.9. The van der Waals surface area contributed by atoms with Crippen molar-refractivity contribution in [2.45, 2.75) is 44.2 Å². The number of nitrogens with one attached hydrogen (secondary N) is 1. The molecule has 1 aliphatic carbocycles. The lowest BCUT2D eigenvalue weighted by molar-refractivity contribution is -0.115. The van der Waals surface area contributed by atoms with Gasteiger partial charge in [0.05, 0.1) is 26.4 Å². The van der Waals surface area contributed by atoms with E-state index in [1.807, 2.05) is 48.5 Å². The molecule has 1 N–H and O–H groups in total. The number of benzene rings is 2. The molecule has 5 rings (SSSR count). The van der Waals surface area contributed by atoms with Gasteiger partial charge >= 0.3 is 5.97 Å². The van der Waals surface area contributed by atoms with Crippen LogP contribution >= 0.6 is 23.1 Å². The molecular weight excluding hydrogens is 572 g/mol. The van der Waals surface area contributed by atoms with Crippen LogP contribution in [0.1, 0.15) is 47.0 Å². The molecule has 218 valence electrons. The largest absolute Gasteiger partial charge is 0.497 e. The van der Waals surface area contributed by atoms with Gasteiger partial charge < -0.3 is 19.5 Å². The van der Waals surface area contributed by atoms with Crippen LogP contribution in [0.3, 0.4) is 0 Å². The van der Waals surface area contributed by atoms with Gasteiger partial charge in [-0.15, -0.1) is 21.5 Å². The summed E-state index contributed by atoms with van der Waals surface area (Å²) in [5.41, 5.74) is 4.57. The summed E-state index contributed by atoms with van der Waals surface area (Å²) < 4.78 is 15.9. The van der Waals surface area contributed by atoms with E-state index < -0.39 is 0 Å². The first-order valence-electron chi connectivity index (χ1n) is 13.8. The predicted molar refractivity (Wildman–Crippen MR) is 165 cm³/mol. The first kappa shape index (κ1) is 29.5. The minimum atomic E-state index is -0.371. The fraction of sp³-hybridized carbons (Fsp3) is 0.323. The number of thioether (sulfide) groups is 1. The summed E-state index contributed by atoms with van der Waals surface area (Å²) in [6.07, 6.45) is 4.09. The van der Waals surface area contributed by atoms with Crippen molar-refractivity contribution in [2.75, 3.05) is 31.9 Å². The second-order valence-corrected chi connectivity index (χ2v) is 11.7. The highest BCUT2D eigenvalue weighted by Crippen LogP contribution is 2.39. The Labute approximate surface area is 253 Å². The van der Waals surface area contributed by atoms with Gasteiger partial charge in [-0.05, 0) is 86.7 Å². The van der Waals surface area contributed by atoms with Gasteiger partial charge in [0.2, 0.25) is 11.1 Å². The van der Waals surface area contributed by atoms with Gasteiger partial charge in [0.1, 0.15) is 27.9 Å². The Morgan fingerprint density at radius 2 is 1.55 bits per heavy atom. The number of carbonyl (C=O) groups excluding carboxylic acids is 2. The Morgan fingerprint density at radius 3 is 2.19 bits per heavy atom. The Balaban J connectivity index is 1.31. The molecule has 0 atom stereocenters. The van der Waals surface area contributed by atoms with Gasteiger partial charge in [0, 0.05) is 28.2 Å². The minimum absolute atomic E-state index is 0.176. The summed E-state index contributed by atoms with van der Waals surface area (Å²) in [6.45, 7) is 2.07. The third-order valence-electron chi connectivity index (χ3n) is 6.86. The van der Waals surface area contributed by atoms with Crippen LogP contribution in [0.5, 0.6) is 11.5 Å². The van der Waals surface area contributed by atoms with E-state index in [2.05, 4.69) is 15.5 Å². The highest BCUT2D eigenvalue weighted by Gasteiger charge is 2.27. The Kier molecular flexibility index (Phi) is 9.70. The number of thiophene rings is 1. The molecule has 0 spiro atoms. The van der Waals surface area contributed by atoms with Gasteiger partial charge in [-0.2, -0.15) is 0 Å². The highest BCUT2D eigenvalue weighted by molar-refractivity contribution is 7.99. The van der Waals surface area contributed by atoms with E-state index >= 15 is 0 Å². The molecule has 0 bridgehead atoms. The van der Waals surface area contributed by atoms with Crippen molar-refractivity contribution in [3.8, 4) is 34.0 Å². The zero-order chi connectivity index (χ0) is 29.5. The molecule has 2 aromatic carbocycles. The fourth-order valence-electron chi connectivity index (χ4n) is 4.76. The van der Waals surface area contributed by atoms with Crippen molar-refractivity contribution in [3.05, 3.63) is 64.5 Å². The lowest BCUT2D eigenvalue weighted by atomic mass is 9.95. The predicted octanol–water partition coefficient (Wildman–Crippen LogP) is 6.46. The van der Waals surface area contributed by atoms with Crippen LogP contribution < -0.4 is 14.8 Å². The van der Waals surface area contributed by atoms with Crippen LogP contribution in [0.4, 0.5) is 5.00 Å². The van der Waals surface area contributed by atoms with Crippen LogP contribution in [0.2, 0.25) is 0 Å². The van der Waals surface area contributed by atoms with Gasteiger partial charge in [0.15, 0.2) is 0 Å². The quantitative estimate of drug-likeness (QED) is 0.152. The van der Waals surface area contributed by atoms with Crippen LogP contribution in [0.15, 0.2) is 53.7 Å². The van der Waals surface area contributed by atoms with E-state index in [4.69, 9.17) is 19.2 Å². The normalized spacial score (nSPS) is 12.4. The molecule has 0 saturated heterocycles. The molecule has 2 heterocycles. The van der Waals surface area contributed by atoms with Crippen LogP contribution in [0.25, 0.3) is 22.5 Å². The van der Waals surface area contributed by atoms with Crippen molar-refractivity contribution in [1.82, 2.24) is 15.2 Å². The van der Waals surface area contributed by atoms with Gasteiger partial charge in [-0.3, -0.25) is 4.79 Å². The number of anilines is 1. The maximum atomic E-state index is 12.9. The highest BCUT2D eigenvalue weighted by atomic mass is 32.2. The number of nitrogens with zero attached hydrogens (tertiary/aromatic N) is 3. The van der Waals surface area contributed by atoms with Crippen LogP contribution in [-0.2, 0) is 22.4 Å². The molecule has 1 aliphatic rings. The Hall–Kier alpha value is -3.96. The lowest BCUT2D eigenvalue weighted by Gasteiger charge is -2.12. The standard InChI is InChI=1S/C31H32N4O5S2/c1-4-40-30(37)26-23-7-5-6-8-24(23)42-29(26)32-25(36)17-18-41-31-33-27(19-9-13-21(38-2)14-10-19)28(34-35-31)20-11-15-22(39-3)16-12-20/h9-16H,4-8,17-18H2,1-3H3,(H,32,36). The third kappa shape index (κ3) is 6.74. The van der Waals surface area contributed by atoms with Gasteiger partial charge in [-0.1, -0.05) is 11.8 Å². The van der Waals surface area contributed by atoms with E-state index in [1.165, 1.54) is 23.1 Å². The molecule has 2 aromatic heterocycles. The second-order valence-electron chi connectivity index (χ2n) is 9.53. The summed E-state index contributed by atoms with van der Waals surface area (Å²) in [4.78, 5) is 31.6. The Bertz CT molecular complexity index is 1560. The maximum Gasteiger partial charge on any atom is 0.341 e. The molecule has 9 nitrogen and oxygen atoms in total. The molecule has 0 fully saturated rings. The topological polar surface area (TPSA) is 113 Å². The number of aryl methyl sites for hydroxylation is 1. The fourth-order valence-corrected chi connectivity index (χ4v) is 6.78. The summed E-state index contributed by atoms with van der Waals surface area (Å²) in [6, 6.07) is 15.2. The number of hydrogen-bond acceptors (Lipinski definition) is 10. The molecule has 0 saturated carbocycles. The molecular formula is C31H32N4O5S2. The molecule has 11 heteroatoms. The minimum Gasteiger partial charge on any atom is -0.497 e. The van der Waals surface area contributed by atoms with E-state index in [0.717, 1.165) is 58.7 Å². The number of rotatable bonds is 11. The number of methoxy groups -OCH3 is 2. The number of ether oxygens (including phenoxy) is 3. The molecule has 4 aromatic rings. The molecule has 0 radical (unpaired) electrons. The summed E-state index contributed by atoms with van der Waals surface area (Å²) in [7, 11) is 3.25. The third-order valence-corrected chi connectivity index (χ3v) is 8.90. The molecule has 0 aliphatic heterocycles. The van der Waals surface area contributed by atoms with E-state index in [-0.39, 0.29) is 24.9 Å². The monoisotopic (exact) mass is 604 g/mol. The molecule has 42 heavy (non-hydrogen) atoms. The Morgan fingerprint density at radius 1 is 0.905 bits per heavy atom. The molecule has 1 amide bonds. The summed E-state index contributed by atoms with van der Waals surface area (Å²) >= 11 is 2.84. The summed E-state index contributed by atoms with van der Waals surface area (Å²) in [5.74, 6) is 1.38. The number of amides is 1. The lowest BCUT2D eigenvalue weighted by Crippen LogP contribution is -2.16. The zero-order valence-corrected chi connectivity index (χ0v) is 25.4. The number of carbonyl (C=O) groups is 2. The van der Waals surface area contributed by atoms with Crippen molar-refractivity contribution in [2.24, 2.45) is 0 Å². The van der Waals surface area contributed by atoms with Crippen LogP contribution in [-0.4, -0.2) is 53.6 Å². The number of esters is 1. The average molecular weight is 605 g/mol. The first-order chi connectivity index (χ1) is 20.5. The van der Waals surface area contributed by atoms with Crippen molar-refractivity contribution in [3.63, 3.8) is 0 Å². The first-order valence-corrected chi connectivity index (χ1v) is 15.6. The van der Waals surface area contributed by atoms with Gasteiger partial charge in [-0.25, -0.2) is 9.78 Å². The van der Waals surface area contributed by atoms with Crippen molar-refractivity contribution in [1.29, 1.82) is 0 Å². The average Bonchev–Trinajstić information content (AvgIpc) is 3.39. The zero-order valence-electron chi connectivity index (χ0n) is 23.8. The smallest absolute Gasteiger partial charge is 0.341 e. The van der Waals surface area contributed by atoms with E-state index in [9.17, 15) is 9.59 Å². The van der Waals surface area contributed by atoms with Gasteiger partial charge in [0.25, 0.3) is 0 Å². The number of aromatic nitrogens is 3. The maximum absolute atomic E-state index is 12.9. The van der Waals surface area contributed by atoms with Crippen molar-refractivity contribution >= 4 is 40.0 Å². The van der Waals surface area contributed by atoms with Crippen LogP contribution in [0, 0.1) is 0 Å².